The van der Waals surface area contributed by atoms with Gasteiger partial charge >= 0.3 is 0 Å². The number of halogens is 2. The van der Waals surface area contributed by atoms with E-state index in [1.165, 1.54) is 12.1 Å². The highest BCUT2D eigenvalue weighted by molar-refractivity contribution is 7.91. The second kappa shape index (κ2) is 6.61. The molecule has 27 heavy (non-hydrogen) atoms. The van der Waals surface area contributed by atoms with E-state index < -0.39 is 21.5 Å². The average molecular weight is 391 g/mol. The van der Waals surface area contributed by atoms with E-state index in [0.717, 1.165) is 10.9 Å². The second-order valence-electron chi connectivity index (χ2n) is 6.84. The lowest BCUT2D eigenvalue weighted by molar-refractivity contribution is 0.278. The molecule has 0 atom stereocenters. The van der Waals surface area contributed by atoms with Crippen molar-refractivity contribution in [3.05, 3.63) is 53.6 Å². The largest absolute Gasteiger partial charge is 0.385 e. The molecule has 1 aromatic heterocycles. The Morgan fingerprint density at radius 2 is 1.74 bits per heavy atom. The molecule has 142 valence electrons. The number of nitrogens with two attached hydrogens (primary N) is 1. The predicted molar refractivity (Wildman–Crippen MR) is 102 cm³/mol. The Morgan fingerprint density at radius 3 is 2.41 bits per heavy atom. The summed E-state index contributed by atoms with van der Waals surface area (Å²) in [5.41, 5.74) is 7.56. The smallest absolute Gasteiger partial charge is 0.152 e. The molecule has 8 heteroatoms. The number of benzene rings is 2. The summed E-state index contributed by atoms with van der Waals surface area (Å²) in [6.07, 6.45) is 0. The number of anilines is 1. The first kappa shape index (κ1) is 17.9. The Kier molecular flexibility index (Phi) is 4.39. The van der Waals surface area contributed by atoms with E-state index in [0.29, 0.717) is 16.9 Å². The molecule has 0 unspecified atom stereocenters. The molecule has 1 aliphatic heterocycles. The van der Waals surface area contributed by atoms with Gasteiger partial charge in [0.15, 0.2) is 9.84 Å². The molecule has 4 rings (SSSR count). The maximum Gasteiger partial charge on any atom is 0.152 e. The maximum atomic E-state index is 14.7. The maximum absolute atomic E-state index is 14.7. The summed E-state index contributed by atoms with van der Waals surface area (Å²) in [6.45, 7) is 0.612. The van der Waals surface area contributed by atoms with Gasteiger partial charge in [-0.2, -0.15) is 0 Å². The van der Waals surface area contributed by atoms with Crippen molar-refractivity contribution in [1.29, 1.82) is 0 Å². The number of hydrogen-bond donors (Lipinski definition) is 2. The SMILES string of the molecule is Nc1cc2cccc(-c3cc(F)c(CN4CCS(=O)(=O)CC4)c(F)c3)c2[nH]1. The van der Waals surface area contributed by atoms with Gasteiger partial charge < -0.3 is 10.7 Å². The number of rotatable bonds is 3. The number of nitrogens with zero attached hydrogens (tertiary/aromatic N) is 1. The lowest BCUT2D eigenvalue weighted by Crippen LogP contribution is -2.40. The quantitative estimate of drug-likeness (QED) is 0.720. The van der Waals surface area contributed by atoms with E-state index in [2.05, 4.69) is 4.98 Å². The minimum atomic E-state index is -3.03. The van der Waals surface area contributed by atoms with Crippen LogP contribution in [-0.4, -0.2) is 42.9 Å². The van der Waals surface area contributed by atoms with E-state index in [4.69, 9.17) is 5.73 Å². The Labute approximate surface area is 155 Å². The summed E-state index contributed by atoms with van der Waals surface area (Å²) in [5, 5.41) is 0.865. The third-order valence-corrected chi connectivity index (χ3v) is 6.56. The summed E-state index contributed by atoms with van der Waals surface area (Å²) < 4.78 is 52.4. The molecular weight excluding hydrogens is 372 g/mol. The van der Waals surface area contributed by atoms with Gasteiger partial charge in [-0.3, -0.25) is 4.90 Å². The van der Waals surface area contributed by atoms with Crippen LogP contribution in [0, 0.1) is 11.6 Å². The van der Waals surface area contributed by atoms with Crippen molar-refractivity contribution in [2.75, 3.05) is 30.3 Å². The van der Waals surface area contributed by atoms with Gasteiger partial charge in [0.1, 0.15) is 17.5 Å². The number of hydrogen-bond acceptors (Lipinski definition) is 4. The number of para-hydroxylation sites is 1. The zero-order valence-corrected chi connectivity index (χ0v) is 15.3. The van der Waals surface area contributed by atoms with Gasteiger partial charge in [0, 0.05) is 36.1 Å². The third-order valence-electron chi connectivity index (χ3n) is 4.95. The van der Waals surface area contributed by atoms with Crippen LogP contribution >= 0.6 is 0 Å². The molecule has 1 aliphatic rings. The van der Waals surface area contributed by atoms with Gasteiger partial charge in [-0.25, -0.2) is 17.2 Å². The first-order valence-corrected chi connectivity index (χ1v) is 10.4. The fourth-order valence-corrected chi connectivity index (χ4v) is 4.74. The summed E-state index contributed by atoms with van der Waals surface area (Å²) in [4.78, 5) is 4.78. The number of nitrogens with one attached hydrogen (secondary N) is 1. The zero-order chi connectivity index (χ0) is 19.2. The summed E-state index contributed by atoms with van der Waals surface area (Å²) >= 11 is 0. The highest BCUT2D eigenvalue weighted by Crippen LogP contribution is 2.31. The molecule has 1 fully saturated rings. The number of aromatic amines is 1. The number of fused-ring (bicyclic) bond motifs is 1. The van der Waals surface area contributed by atoms with Crippen molar-refractivity contribution in [3.8, 4) is 11.1 Å². The van der Waals surface area contributed by atoms with Crippen LogP contribution in [0.5, 0.6) is 0 Å². The minimum Gasteiger partial charge on any atom is -0.385 e. The van der Waals surface area contributed by atoms with Crippen LogP contribution in [0.4, 0.5) is 14.6 Å². The highest BCUT2D eigenvalue weighted by atomic mass is 32.2. The van der Waals surface area contributed by atoms with Crippen LogP contribution in [0.15, 0.2) is 36.4 Å². The van der Waals surface area contributed by atoms with E-state index >= 15 is 0 Å². The number of nitrogen functional groups attached to an aromatic ring is 1. The lowest BCUT2D eigenvalue weighted by atomic mass is 10.0. The van der Waals surface area contributed by atoms with E-state index in [-0.39, 0.29) is 36.7 Å². The summed E-state index contributed by atoms with van der Waals surface area (Å²) in [7, 11) is -3.03. The fourth-order valence-electron chi connectivity index (χ4n) is 3.46. The third kappa shape index (κ3) is 3.54. The van der Waals surface area contributed by atoms with Crippen LogP contribution in [0.1, 0.15) is 5.56 Å². The van der Waals surface area contributed by atoms with Crippen LogP contribution < -0.4 is 5.73 Å². The summed E-state index contributed by atoms with van der Waals surface area (Å²) in [5.74, 6) is -0.769. The monoisotopic (exact) mass is 391 g/mol. The first-order chi connectivity index (χ1) is 12.8. The molecule has 0 radical (unpaired) electrons. The Balaban J connectivity index is 1.66. The predicted octanol–water partition coefficient (Wildman–Crippen LogP) is 2.93. The topological polar surface area (TPSA) is 79.2 Å². The molecule has 3 aromatic rings. The van der Waals surface area contributed by atoms with Crippen LogP contribution in [0.2, 0.25) is 0 Å². The van der Waals surface area contributed by atoms with Crippen molar-refractivity contribution in [1.82, 2.24) is 9.88 Å². The van der Waals surface area contributed by atoms with Crippen LogP contribution in [-0.2, 0) is 16.4 Å². The van der Waals surface area contributed by atoms with E-state index in [1.54, 1.807) is 17.0 Å². The Hall–Kier alpha value is -2.45. The van der Waals surface area contributed by atoms with Crippen LogP contribution in [0.3, 0.4) is 0 Å². The molecule has 1 saturated heterocycles. The molecule has 0 amide bonds. The molecule has 0 saturated carbocycles. The van der Waals surface area contributed by atoms with Gasteiger partial charge in [-0.15, -0.1) is 0 Å². The van der Waals surface area contributed by atoms with E-state index in [9.17, 15) is 17.2 Å². The van der Waals surface area contributed by atoms with Gasteiger partial charge in [0.2, 0.25) is 0 Å². The molecule has 2 aromatic carbocycles. The van der Waals surface area contributed by atoms with E-state index in [1.807, 2.05) is 12.1 Å². The fraction of sp³-hybridized carbons (Fsp3) is 0.263. The van der Waals surface area contributed by atoms with Gasteiger partial charge in [-0.05, 0) is 23.8 Å². The molecule has 0 bridgehead atoms. The van der Waals surface area contributed by atoms with Crippen molar-refractivity contribution >= 4 is 26.6 Å². The normalized spacial score (nSPS) is 17.4. The Bertz CT molecular complexity index is 1090. The number of H-pyrrole nitrogens is 1. The Morgan fingerprint density at radius 1 is 1.07 bits per heavy atom. The average Bonchev–Trinajstić information content (AvgIpc) is 2.99. The lowest BCUT2D eigenvalue weighted by Gasteiger charge is -2.26. The summed E-state index contributed by atoms with van der Waals surface area (Å²) in [6, 6.07) is 9.85. The molecule has 2 heterocycles. The van der Waals surface area contributed by atoms with Crippen molar-refractivity contribution in [2.24, 2.45) is 0 Å². The number of aromatic nitrogens is 1. The highest BCUT2D eigenvalue weighted by Gasteiger charge is 2.24. The van der Waals surface area contributed by atoms with Gasteiger partial charge in [0.05, 0.1) is 17.0 Å². The molecular formula is C19H19F2N3O2S. The molecule has 5 nitrogen and oxygen atoms in total. The molecule has 0 aliphatic carbocycles. The second-order valence-corrected chi connectivity index (χ2v) is 9.14. The first-order valence-electron chi connectivity index (χ1n) is 8.61. The standard InChI is InChI=1S/C19H19F2N3O2S/c20-16-8-13(14-3-1-2-12-10-18(22)23-19(12)14)9-17(21)15(16)11-24-4-6-27(25,26)7-5-24/h1-3,8-10,23H,4-7,11,22H2. The number of sulfone groups is 1. The van der Waals surface area contributed by atoms with Gasteiger partial charge in [0.25, 0.3) is 0 Å². The van der Waals surface area contributed by atoms with Crippen LogP contribution in [0.25, 0.3) is 22.0 Å². The zero-order valence-electron chi connectivity index (χ0n) is 14.5. The van der Waals surface area contributed by atoms with Crippen molar-refractivity contribution in [2.45, 2.75) is 6.54 Å². The minimum absolute atomic E-state index is 0.0184. The molecule has 0 spiro atoms. The molecule has 3 N–H and O–H groups in total. The van der Waals surface area contributed by atoms with Crippen molar-refractivity contribution < 1.29 is 17.2 Å². The van der Waals surface area contributed by atoms with Gasteiger partial charge in [-0.1, -0.05) is 18.2 Å². The van der Waals surface area contributed by atoms with Crippen molar-refractivity contribution in [3.63, 3.8) is 0 Å².